The fourth-order valence-corrected chi connectivity index (χ4v) is 9.49. The highest BCUT2D eigenvalue weighted by Crippen LogP contribution is 2.51. The Kier molecular flexibility index (Phi) is 6.24. The molecule has 1 aliphatic rings. The zero-order valence-corrected chi connectivity index (χ0v) is 29.7. The Hall–Kier alpha value is -5.38. The second-order valence-corrected chi connectivity index (χ2v) is 16.0. The molecule has 0 saturated carbocycles. The molecular weight excluding hydrogens is 625 g/mol. The van der Waals surface area contributed by atoms with Crippen LogP contribution < -0.4 is 0 Å². The molecule has 2 nitrogen and oxygen atoms in total. The third-order valence-corrected chi connectivity index (χ3v) is 12.3. The molecule has 1 aliphatic carbocycles. The molecule has 0 saturated heterocycles. The smallest absolute Gasteiger partial charge is 0.159 e. The summed E-state index contributed by atoms with van der Waals surface area (Å²) < 4.78 is 2.61. The van der Waals surface area contributed by atoms with E-state index in [1.165, 1.54) is 85.9 Å². The van der Waals surface area contributed by atoms with Crippen molar-refractivity contribution in [2.45, 2.75) is 46.0 Å². The molecule has 0 fully saturated rings. The Bertz CT molecular complexity index is 2890. The fraction of sp³-hybridized carbons (Fsp3) is 0.149. The number of rotatable bonds is 3. The molecule has 0 N–H and O–H groups in total. The van der Waals surface area contributed by atoms with E-state index in [0.717, 1.165) is 22.6 Å². The molecule has 0 atom stereocenters. The van der Waals surface area contributed by atoms with Crippen LogP contribution in [0.15, 0.2) is 121 Å². The standard InChI is InChI=1S/C47H36N2S/c1-26(2)28-12-16-44-39(21-28)40-23-30(13-17-45(40)50-44)46-48-19-18-43(49-46)29-11-14-33-34(22-29)31-8-6-7-9-32(31)35-24-38-37-20-27(3)10-15-41(37)47(4,5)42(38)25-36(33)35/h6-26H,1-5H3. The molecule has 2 aromatic heterocycles. The van der Waals surface area contributed by atoms with E-state index in [-0.39, 0.29) is 5.41 Å². The van der Waals surface area contributed by atoms with Crippen LogP contribution in [0, 0.1) is 6.92 Å². The third kappa shape index (κ3) is 4.26. The van der Waals surface area contributed by atoms with Crippen LogP contribution >= 0.6 is 11.3 Å². The topological polar surface area (TPSA) is 25.8 Å². The second-order valence-electron chi connectivity index (χ2n) is 14.9. The Morgan fingerprint density at radius 2 is 1.22 bits per heavy atom. The van der Waals surface area contributed by atoms with Crippen LogP contribution in [-0.4, -0.2) is 9.97 Å². The van der Waals surface area contributed by atoms with Crippen LogP contribution in [0.25, 0.3) is 86.3 Å². The molecule has 7 aromatic carbocycles. The molecular formula is C47H36N2S. The Morgan fingerprint density at radius 3 is 2.02 bits per heavy atom. The monoisotopic (exact) mass is 660 g/mol. The molecule has 0 amide bonds. The Labute approximate surface area is 296 Å². The fourth-order valence-electron chi connectivity index (χ4n) is 8.42. The highest BCUT2D eigenvalue weighted by molar-refractivity contribution is 7.25. The lowest BCUT2D eigenvalue weighted by Gasteiger charge is -2.22. The molecule has 0 spiro atoms. The average molecular weight is 661 g/mol. The van der Waals surface area contributed by atoms with Crippen LogP contribution in [0.4, 0.5) is 0 Å². The number of hydrogen-bond donors (Lipinski definition) is 0. The molecule has 2 heterocycles. The normalized spacial score (nSPS) is 13.6. The van der Waals surface area contributed by atoms with Gasteiger partial charge in [-0.3, -0.25) is 0 Å². The van der Waals surface area contributed by atoms with E-state index in [9.17, 15) is 0 Å². The van der Waals surface area contributed by atoms with E-state index in [2.05, 4.69) is 144 Å². The van der Waals surface area contributed by atoms with Crippen molar-refractivity contribution >= 4 is 63.8 Å². The van der Waals surface area contributed by atoms with Crippen molar-refractivity contribution in [2.24, 2.45) is 0 Å². The van der Waals surface area contributed by atoms with Gasteiger partial charge in [0, 0.05) is 42.9 Å². The molecule has 10 rings (SSSR count). The zero-order chi connectivity index (χ0) is 33.9. The van der Waals surface area contributed by atoms with E-state index in [1.807, 2.05) is 23.6 Å². The van der Waals surface area contributed by atoms with Gasteiger partial charge in [0.25, 0.3) is 0 Å². The van der Waals surface area contributed by atoms with Gasteiger partial charge in [0.2, 0.25) is 0 Å². The van der Waals surface area contributed by atoms with Gasteiger partial charge in [0.05, 0.1) is 5.69 Å². The number of thiophene rings is 1. The van der Waals surface area contributed by atoms with E-state index < -0.39 is 0 Å². The van der Waals surface area contributed by atoms with Crippen LogP contribution in [0.5, 0.6) is 0 Å². The van der Waals surface area contributed by atoms with Crippen molar-refractivity contribution in [2.75, 3.05) is 0 Å². The first-order valence-corrected chi connectivity index (χ1v) is 18.4. The number of aromatic nitrogens is 2. The van der Waals surface area contributed by atoms with Crippen LogP contribution in [-0.2, 0) is 5.41 Å². The van der Waals surface area contributed by atoms with Crippen LogP contribution in [0.3, 0.4) is 0 Å². The van der Waals surface area contributed by atoms with Crippen molar-refractivity contribution in [1.82, 2.24) is 9.97 Å². The first-order valence-electron chi connectivity index (χ1n) is 17.6. The summed E-state index contributed by atoms with van der Waals surface area (Å²) in [5.74, 6) is 1.24. The minimum Gasteiger partial charge on any atom is -0.237 e. The quantitative estimate of drug-likeness (QED) is 0.176. The summed E-state index contributed by atoms with van der Waals surface area (Å²) in [6.07, 6.45) is 1.90. The minimum absolute atomic E-state index is 0.0587. The molecule has 50 heavy (non-hydrogen) atoms. The maximum atomic E-state index is 5.17. The first-order chi connectivity index (χ1) is 24.2. The summed E-state index contributed by atoms with van der Waals surface area (Å²) >= 11 is 1.85. The summed E-state index contributed by atoms with van der Waals surface area (Å²) in [7, 11) is 0. The molecule has 240 valence electrons. The molecule has 9 aromatic rings. The third-order valence-electron chi connectivity index (χ3n) is 11.2. The molecule has 3 heteroatoms. The molecule has 0 unspecified atom stereocenters. The van der Waals surface area contributed by atoms with Gasteiger partial charge >= 0.3 is 0 Å². The van der Waals surface area contributed by atoms with Crippen molar-refractivity contribution in [3.05, 3.63) is 144 Å². The summed E-state index contributed by atoms with van der Waals surface area (Å²) in [4.78, 5) is 9.94. The number of nitrogens with zero attached hydrogens (tertiary/aromatic N) is 2. The predicted octanol–water partition coefficient (Wildman–Crippen LogP) is 13.4. The van der Waals surface area contributed by atoms with Crippen LogP contribution in [0.2, 0.25) is 0 Å². The predicted molar refractivity (Wildman–Crippen MR) is 215 cm³/mol. The minimum atomic E-state index is -0.0587. The largest absolute Gasteiger partial charge is 0.237 e. The number of benzene rings is 7. The van der Waals surface area contributed by atoms with Gasteiger partial charge in [-0.15, -0.1) is 11.3 Å². The van der Waals surface area contributed by atoms with Crippen molar-refractivity contribution < 1.29 is 0 Å². The Balaban J connectivity index is 1.13. The van der Waals surface area contributed by atoms with Crippen molar-refractivity contribution in [3.8, 4) is 33.8 Å². The number of fused-ring (bicyclic) bond motifs is 12. The van der Waals surface area contributed by atoms with Gasteiger partial charge in [-0.1, -0.05) is 93.9 Å². The first kappa shape index (κ1) is 29.5. The van der Waals surface area contributed by atoms with Gasteiger partial charge in [0.1, 0.15) is 0 Å². The summed E-state index contributed by atoms with van der Waals surface area (Å²) in [6.45, 7) is 11.4. The van der Waals surface area contributed by atoms with Gasteiger partial charge in [0.15, 0.2) is 5.82 Å². The lowest BCUT2D eigenvalue weighted by Crippen LogP contribution is -2.14. The van der Waals surface area contributed by atoms with Gasteiger partial charge < -0.3 is 0 Å². The number of hydrogen-bond acceptors (Lipinski definition) is 3. The maximum Gasteiger partial charge on any atom is 0.159 e. The second kappa shape index (κ2) is 10.6. The molecule has 0 radical (unpaired) electrons. The highest BCUT2D eigenvalue weighted by atomic mass is 32.1. The van der Waals surface area contributed by atoms with Gasteiger partial charge in [-0.25, -0.2) is 9.97 Å². The van der Waals surface area contributed by atoms with Gasteiger partial charge in [-0.2, -0.15) is 0 Å². The van der Waals surface area contributed by atoms with Gasteiger partial charge in [-0.05, 0) is 128 Å². The maximum absolute atomic E-state index is 5.17. The van der Waals surface area contributed by atoms with Crippen molar-refractivity contribution in [3.63, 3.8) is 0 Å². The van der Waals surface area contributed by atoms with Crippen molar-refractivity contribution in [1.29, 1.82) is 0 Å². The highest BCUT2D eigenvalue weighted by Gasteiger charge is 2.36. The molecule has 0 aliphatic heterocycles. The van der Waals surface area contributed by atoms with E-state index in [1.54, 1.807) is 0 Å². The SMILES string of the molecule is Cc1ccc2c(c1)-c1cc3c4ccccc4c4cc(-c5ccnc(-c6ccc7sc8ccc(C(C)C)cc8c7c6)n5)ccc4c3cc1C2(C)C. The summed E-state index contributed by atoms with van der Waals surface area (Å²) in [5.41, 5.74) is 11.2. The van der Waals surface area contributed by atoms with E-state index in [0.29, 0.717) is 5.92 Å². The van der Waals surface area contributed by atoms with Crippen LogP contribution in [0.1, 0.15) is 55.9 Å². The summed E-state index contributed by atoms with van der Waals surface area (Å²) in [5, 5.41) is 10.3. The zero-order valence-electron chi connectivity index (χ0n) is 28.9. The number of aryl methyl sites for hydroxylation is 1. The average Bonchev–Trinajstić information content (AvgIpc) is 3.61. The lowest BCUT2D eigenvalue weighted by molar-refractivity contribution is 0.661. The lowest BCUT2D eigenvalue weighted by atomic mass is 9.81. The van der Waals surface area contributed by atoms with E-state index >= 15 is 0 Å². The summed E-state index contributed by atoms with van der Waals surface area (Å²) in [6, 6.07) is 43.2. The Morgan fingerprint density at radius 1 is 0.560 bits per heavy atom. The molecule has 0 bridgehead atoms. The van der Waals surface area contributed by atoms with E-state index in [4.69, 9.17) is 9.97 Å².